The first-order valence-electron chi connectivity index (χ1n) is 7.60. The van der Waals surface area contributed by atoms with Crippen molar-refractivity contribution in [3.8, 4) is 0 Å². The van der Waals surface area contributed by atoms with Gasteiger partial charge in [0.2, 0.25) is 0 Å². The van der Waals surface area contributed by atoms with E-state index < -0.39 is 0 Å². The fraction of sp³-hybridized carbons (Fsp3) is 0.647. The molecule has 3 atom stereocenters. The predicted molar refractivity (Wildman–Crippen MR) is 82.9 cm³/mol. The van der Waals surface area contributed by atoms with Gasteiger partial charge in [-0.1, -0.05) is 26.0 Å². The van der Waals surface area contributed by atoms with E-state index in [1.807, 2.05) is 0 Å². The monoisotopic (exact) mass is 274 g/mol. The minimum Gasteiger partial charge on any atom is -0.381 e. The van der Waals surface area contributed by atoms with Gasteiger partial charge in [0.15, 0.2) is 0 Å². The summed E-state index contributed by atoms with van der Waals surface area (Å²) in [6.45, 7) is 6.55. The highest BCUT2D eigenvalue weighted by Crippen LogP contribution is 2.53. The number of rotatable bonds is 4. The fourth-order valence-electron chi connectivity index (χ4n) is 3.92. The van der Waals surface area contributed by atoms with E-state index in [1.165, 1.54) is 17.7 Å². The van der Waals surface area contributed by atoms with Crippen molar-refractivity contribution >= 4 is 5.69 Å². The molecule has 3 unspecified atom stereocenters. The summed E-state index contributed by atoms with van der Waals surface area (Å²) in [6, 6.07) is 9.33. The maximum Gasteiger partial charge on any atom is 0.0694 e. The first-order chi connectivity index (χ1) is 9.48. The molecule has 2 fully saturated rings. The highest BCUT2D eigenvalue weighted by Gasteiger charge is 2.59. The molecule has 1 saturated carbocycles. The average Bonchev–Trinajstić information content (AvgIpc) is 2.82. The van der Waals surface area contributed by atoms with Gasteiger partial charge in [-0.05, 0) is 38.2 Å². The molecule has 1 aliphatic heterocycles. The topological polar surface area (TPSA) is 24.5 Å². The van der Waals surface area contributed by atoms with E-state index in [9.17, 15) is 0 Å². The van der Waals surface area contributed by atoms with Crippen LogP contribution in [0, 0.1) is 11.3 Å². The zero-order valence-corrected chi connectivity index (χ0v) is 13.0. The maximum atomic E-state index is 5.86. The third kappa shape index (κ3) is 2.33. The molecule has 3 nitrogen and oxygen atoms in total. The SMILES string of the molecule is CN(C)Cc1cccc(NC2C3CCOC3C2(C)C)c1. The van der Waals surface area contributed by atoms with Crippen LogP contribution in [-0.4, -0.2) is 37.7 Å². The zero-order chi connectivity index (χ0) is 14.3. The Labute approximate surface area is 122 Å². The fourth-order valence-corrected chi connectivity index (χ4v) is 3.92. The molecule has 110 valence electrons. The summed E-state index contributed by atoms with van der Waals surface area (Å²) in [4.78, 5) is 2.20. The standard InChI is InChI=1S/C17H26N2O/c1-17(2)15(14-8-9-20-16(14)17)18-13-7-5-6-12(10-13)11-19(3)4/h5-7,10,14-16,18H,8-9,11H2,1-4H3. The van der Waals surface area contributed by atoms with E-state index in [2.05, 4.69) is 62.4 Å². The number of nitrogens with one attached hydrogen (secondary N) is 1. The molecule has 0 radical (unpaired) electrons. The number of fused-ring (bicyclic) bond motifs is 1. The third-order valence-electron chi connectivity index (χ3n) is 4.85. The number of ether oxygens (including phenoxy) is 1. The zero-order valence-electron chi connectivity index (χ0n) is 13.0. The summed E-state index contributed by atoms with van der Waals surface area (Å²) >= 11 is 0. The minimum absolute atomic E-state index is 0.235. The molecule has 2 aliphatic rings. The summed E-state index contributed by atoms with van der Waals surface area (Å²) in [5.74, 6) is 0.683. The van der Waals surface area contributed by atoms with Gasteiger partial charge in [0.25, 0.3) is 0 Å². The minimum atomic E-state index is 0.235. The van der Waals surface area contributed by atoms with Gasteiger partial charge in [-0.25, -0.2) is 0 Å². The Hall–Kier alpha value is -1.06. The quantitative estimate of drug-likeness (QED) is 0.913. The van der Waals surface area contributed by atoms with Gasteiger partial charge in [-0.15, -0.1) is 0 Å². The molecule has 1 saturated heterocycles. The van der Waals surface area contributed by atoms with Crippen molar-refractivity contribution in [3.63, 3.8) is 0 Å². The van der Waals surface area contributed by atoms with Crippen molar-refractivity contribution in [3.05, 3.63) is 29.8 Å². The molecule has 0 bridgehead atoms. The lowest BCUT2D eigenvalue weighted by Crippen LogP contribution is -2.63. The highest BCUT2D eigenvalue weighted by molar-refractivity contribution is 5.48. The highest BCUT2D eigenvalue weighted by atomic mass is 16.5. The Balaban J connectivity index is 1.72. The maximum absolute atomic E-state index is 5.86. The molecule has 0 aromatic heterocycles. The van der Waals surface area contributed by atoms with Crippen molar-refractivity contribution in [2.75, 3.05) is 26.0 Å². The number of anilines is 1. The largest absolute Gasteiger partial charge is 0.381 e. The molecule has 1 N–H and O–H groups in total. The van der Waals surface area contributed by atoms with Crippen LogP contribution >= 0.6 is 0 Å². The van der Waals surface area contributed by atoms with Crippen molar-refractivity contribution < 1.29 is 4.74 Å². The van der Waals surface area contributed by atoms with Crippen LogP contribution in [0.2, 0.25) is 0 Å². The molecule has 1 heterocycles. The van der Waals surface area contributed by atoms with Gasteiger partial charge in [0, 0.05) is 36.2 Å². The van der Waals surface area contributed by atoms with Crippen LogP contribution in [0.3, 0.4) is 0 Å². The van der Waals surface area contributed by atoms with Crippen LogP contribution < -0.4 is 5.32 Å². The molecule has 1 aromatic rings. The lowest BCUT2D eigenvalue weighted by Gasteiger charge is -2.55. The first kappa shape index (κ1) is 13.9. The molecular weight excluding hydrogens is 248 g/mol. The lowest BCUT2D eigenvalue weighted by atomic mass is 9.57. The smallest absolute Gasteiger partial charge is 0.0694 e. The second-order valence-electron chi connectivity index (χ2n) is 7.13. The third-order valence-corrected chi connectivity index (χ3v) is 4.85. The predicted octanol–water partition coefficient (Wildman–Crippen LogP) is 2.97. The van der Waals surface area contributed by atoms with E-state index >= 15 is 0 Å². The van der Waals surface area contributed by atoms with E-state index in [1.54, 1.807) is 0 Å². The van der Waals surface area contributed by atoms with Crippen molar-refractivity contribution in [2.24, 2.45) is 11.3 Å². The molecular formula is C17H26N2O. The van der Waals surface area contributed by atoms with Gasteiger partial charge in [0.1, 0.15) is 0 Å². The summed E-state index contributed by atoms with van der Waals surface area (Å²) in [6.07, 6.45) is 1.65. The Kier molecular flexibility index (Phi) is 3.51. The summed E-state index contributed by atoms with van der Waals surface area (Å²) in [5.41, 5.74) is 2.84. The van der Waals surface area contributed by atoms with Crippen molar-refractivity contribution in [2.45, 2.75) is 39.0 Å². The summed E-state index contributed by atoms with van der Waals surface area (Å²) in [5, 5.41) is 3.76. The second-order valence-corrected chi connectivity index (χ2v) is 7.13. The number of benzene rings is 1. The van der Waals surface area contributed by atoms with E-state index in [0.717, 1.165) is 13.2 Å². The molecule has 0 amide bonds. The molecule has 1 aromatic carbocycles. The van der Waals surface area contributed by atoms with Gasteiger partial charge in [-0.3, -0.25) is 0 Å². The average molecular weight is 274 g/mol. The molecule has 1 aliphatic carbocycles. The molecule has 0 spiro atoms. The number of hydrogen-bond acceptors (Lipinski definition) is 3. The lowest BCUT2D eigenvalue weighted by molar-refractivity contribution is -0.0923. The van der Waals surface area contributed by atoms with Gasteiger partial charge in [0.05, 0.1) is 6.10 Å². The Morgan fingerprint density at radius 2 is 2.15 bits per heavy atom. The molecule has 3 rings (SSSR count). The summed E-state index contributed by atoms with van der Waals surface area (Å²) in [7, 11) is 4.21. The van der Waals surface area contributed by atoms with Crippen LogP contribution in [0.5, 0.6) is 0 Å². The van der Waals surface area contributed by atoms with E-state index in [0.29, 0.717) is 18.1 Å². The molecule has 3 heteroatoms. The van der Waals surface area contributed by atoms with Crippen LogP contribution in [0.15, 0.2) is 24.3 Å². The second kappa shape index (κ2) is 5.05. The number of hydrogen-bond donors (Lipinski definition) is 1. The Morgan fingerprint density at radius 3 is 2.90 bits per heavy atom. The van der Waals surface area contributed by atoms with E-state index in [4.69, 9.17) is 4.74 Å². The first-order valence-corrected chi connectivity index (χ1v) is 7.60. The van der Waals surface area contributed by atoms with E-state index in [-0.39, 0.29) is 5.41 Å². The normalized spacial score (nSPS) is 30.9. The van der Waals surface area contributed by atoms with Crippen LogP contribution in [-0.2, 0) is 11.3 Å². The van der Waals surface area contributed by atoms with Gasteiger partial charge in [-0.2, -0.15) is 0 Å². The summed E-state index contributed by atoms with van der Waals surface area (Å²) < 4.78 is 5.86. The van der Waals surface area contributed by atoms with Crippen LogP contribution in [0.4, 0.5) is 5.69 Å². The van der Waals surface area contributed by atoms with Gasteiger partial charge >= 0.3 is 0 Å². The van der Waals surface area contributed by atoms with Crippen LogP contribution in [0.25, 0.3) is 0 Å². The van der Waals surface area contributed by atoms with Crippen LogP contribution in [0.1, 0.15) is 25.8 Å². The Morgan fingerprint density at radius 1 is 1.35 bits per heavy atom. The Bertz CT molecular complexity index is 484. The molecule has 20 heavy (non-hydrogen) atoms. The van der Waals surface area contributed by atoms with Crippen molar-refractivity contribution in [1.82, 2.24) is 4.90 Å². The van der Waals surface area contributed by atoms with Crippen molar-refractivity contribution in [1.29, 1.82) is 0 Å². The van der Waals surface area contributed by atoms with Gasteiger partial charge < -0.3 is 15.0 Å². The number of nitrogens with zero attached hydrogens (tertiary/aromatic N) is 1.